The lowest BCUT2D eigenvalue weighted by atomic mass is 9.61. The van der Waals surface area contributed by atoms with E-state index in [0.29, 0.717) is 41.7 Å². The molecule has 1 amide bonds. The van der Waals surface area contributed by atoms with Crippen molar-refractivity contribution in [3.8, 4) is 17.1 Å². The quantitative estimate of drug-likeness (QED) is 0.0458. The highest BCUT2D eigenvalue weighted by Crippen LogP contribution is 2.47. The van der Waals surface area contributed by atoms with Crippen LogP contribution in [-0.4, -0.2) is 127 Å². The molecule has 0 spiro atoms. The molecular weight excluding hydrogens is 881 g/mol. The van der Waals surface area contributed by atoms with Crippen molar-refractivity contribution < 1.29 is 67.3 Å². The molecule has 19 nitrogen and oxygen atoms in total. The Morgan fingerprint density at radius 1 is 0.940 bits per heavy atom. The maximum atomic E-state index is 15.4. The molecule has 21 heteroatoms. The van der Waals surface area contributed by atoms with Gasteiger partial charge in [-0.1, -0.05) is 19.9 Å². The van der Waals surface area contributed by atoms with E-state index in [4.69, 9.17) is 29.4 Å². The summed E-state index contributed by atoms with van der Waals surface area (Å²) in [6.45, 7) is 8.34. The Kier molecular flexibility index (Phi) is 15.4. The van der Waals surface area contributed by atoms with Crippen molar-refractivity contribution in [1.29, 1.82) is 0 Å². The number of aromatic amines is 1. The van der Waals surface area contributed by atoms with Gasteiger partial charge in [0.1, 0.15) is 42.1 Å². The minimum Gasteiger partial charge on any atom is -0.479 e. The number of esters is 1. The second-order valence-electron chi connectivity index (χ2n) is 18.7. The van der Waals surface area contributed by atoms with Gasteiger partial charge in [-0.15, -0.1) is 0 Å². The number of hydrogen-bond donors (Lipinski definition) is 8. The number of carboxylic acids is 1. The van der Waals surface area contributed by atoms with Gasteiger partial charge >= 0.3 is 11.9 Å². The first kappa shape index (κ1) is 49.5. The number of nitrogens with two attached hydrogens (primary N) is 1. The molecule has 1 aliphatic heterocycles. The monoisotopic (exact) mass is 939 g/mol. The van der Waals surface area contributed by atoms with Gasteiger partial charge in [0.25, 0.3) is 0 Å². The van der Waals surface area contributed by atoms with E-state index in [1.54, 1.807) is 20.0 Å². The average molecular weight is 940 g/mol. The number of aliphatic hydroxyl groups is 3. The summed E-state index contributed by atoms with van der Waals surface area (Å²) < 4.78 is 58.3. The van der Waals surface area contributed by atoms with E-state index >= 15 is 4.39 Å². The summed E-state index contributed by atoms with van der Waals surface area (Å²) in [7, 11) is 0. The van der Waals surface area contributed by atoms with Crippen molar-refractivity contribution in [2.75, 3.05) is 37.0 Å². The Hall–Kier alpha value is -5.42. The molecule has 67 heavy (non-hydrogen) atoms. The molecule has 4 heterocycles. The van der Waals surface area contributed by atoms with Crippen LogP contribution in [0.4, 0.5) is 20.3 Å². The number of anilines is 2. The summed E-state index contributed by atoms with van der Waals surface area (Å²) in [6.07, 6.45) is -1.78. The molecule has 1 aromatic carbocycles. The fraction of sp³-hybridized carbons (Fsp3) is 0.565. The Morgan fingerprint density at radius 2 is 1.69 bits per heavy atom. The largest absolute Gasteiger partial charge is 0.479 e. The number of nitrogens with zero attached hydrogens (tertiary/aromatic N) is 3. The summed E-state index contributed by atoms with van der Waals surface area (Å²) in [6, 6.07) is 5.14. The van der Waals surface area contributed by atoms with Gasteiger partial charge in [-0.05, 0) is 94.5 Å². The lowest BCUT2D eigenvalue weighted by Crippen LogP contribution is -2.61. The van der Waals surface area contributed by atoms with E-state index < -0.39 is 83.2 Å². The van der Waals surface area contributed by atoms with Crippen LogP contribution in [0.1, 0.15) is 71.8 Å². The highest BCUT2D eigenvalue weighted by molar-refractivity contribution is 5.96. The number of nitrogens with one attached hydrogen (secondary N) is 3. The summed E-state index contributed by atoms with van der Waals surface area (Å²) in [4.78, 5) is 55.5. The molecule has 364 valence electrons. The van der Waals surface area contributed by atoms with Gasteiger partial charge in [0.2, 0.25) is 12.2 Å². The van der Waals surface area contributed by atoms with Crippen LogP contribution in [0.15, 0.2) is 42.9 Å². The van der Waals surface area contributed by atoms with E-state index in [-0.39, 0.29) is 61.2 Å². The second kappa shape index (κ2) is 20.8. The fourth-order valence-corrected chi connectivity index (χ4v) is 8.94. The van der Waals surface area contributed by atoms with Gasteiger partial charge < -0.3 is 65.5 Å². The highest BCUT2D eigenvalue weighted by Gasteiger charge is 2.50. The number of halogens is 2. The SMILES string of the molecule is CC(C)(CCN)OCCOCCC(C)(C)C(=O)Nc1cc(COC(=O)[C@H]2C3CCC(CC3)[C@@H]2Nc2nc(-c3c[nH]c4ncc(F)cc34)ncc2F)ccc1O[C@@H]1O[C@H](C(=O)O)[C@@H](O)[C@H](O)[C@H]1O. The van der Waals surface area contributed by atoms with E-state index in [0.717, 1.165) is 38.1 Å². The van der Waals surface area contributed by atoms with Crippen LogP contribution < -0.4 is 21.1 Å². The number of H-pyrrole nitrogens is 1. The molecule has 3 saturated carbocycles. The smallest absolute Gasteiger partial charge is 0.335 e. The van der Waals surface area contributed by atoms with Gasteiger partial charge in [-0.25, -0.2) is 28.5 Å². The Balaban J connectivity index is 1.07. The molecular formula is C46H59F2N7O12. The summed E-state index contributed by atoms with van der Waals surface area (Å²) >= 11 is 0. The molecule has 8 rings (SSSR count). The number of carboxylic acid groups (broad SMARTS) is 1. The number of hydrogen-bond acceptors (Lipinski definition) is 16. The second-order valence-corrected chi connectivity index (χ2v) is 18.7. The molecule has 3 aliphatic carbocycles. The fourth-order valence-electron chi connectivity index (χ4n) is 8.94. The predicted octanol–water partition coefficient (Wildman–Crippen LogP) is 4.04. The van der Waals surface area contributed by atoms with Crippen LogP contribution >= 0.6 is 0 Å². The number of carbonyl (C=O) groups excluding carboxylic acids is 2. The zero-order chi connectivity index (χ0) is 48.2. The number of amides is 1. The van der Waals surface area contributed by atoms with Gasteiger partial charge in [-0.3, -0.25) is 9.59 Å². The Bertz CT molecular complexity index is 2400. The number of aliphatic carboxylic acids is 1. The number of aliphatic hydroxyl groups excluding tert-OH is 3. The van der Waals surface area contributed by atoms with Crippen molar-refractivity contribution in [2.24, 2.45) is 28.9 Å². The lowest BCUT2D eigenvalue weighted by Gasteiger charge is -2.47. The van der Waals surface area contributed by atoms with E-state index in [1.165, 1.54) is 24.3 Å². The maximum absolute atomic E-state index is 15.4. The van der Waals surface area contributed by atoms with Crippen LogP contribution in [0.3, 0.4) is 0 Å². The van der Waals surface area contributed by atoms with Crippen LogP contribution in [0, 0.1) is 34.8 Å². The van der Waals surface area contributed by atoms with Crippen molar-refractivity contribution in [3.63, 3.8) is 0 Å². The first-order chi connectivity index (χ1) is 31.9. The van der Waals surface area contributed by atoms with Crippen LogP contribution in [0.5, 0.6) is 5.75 Å². The zero-order valence-electron chi connectivity index (χ0n) is 37.7. The van der Waals surface area contributed by atoms with E-state index in [2.05, 4.69) is 30.6 Å². The third-order valence-corrected chi connectivity index (χ3v) is 13.0. The molecule has 0 unspecified atom stereocenters. The van der Waals surface area contributed by atoms with Crippen LogP contribution in [0.2, 0.25) is 0 Å². The van der Waals surface area contributed by atoms with E-state index in [9.17, 15) is 39.2 Å². The minimum atomic E-state index is -1.96. The Morgan fingerprint density at radius 3 is 2.42 bits per heavy atom. The first-order valence-corrected chi connectivity index (χ1v) is 22.4. The normalized spacial score (nSPS) is 25.2. The molecule has 1 saturated heterocycles. The van der Waals surface area contributed by atoms with Crippen molar-refractivity contribution in [2.45, 2.75) is 115 Å². The molecule has 7 atom stereocenters. The van der Waals surface area contributed by atoms with Gasteiger partial charge in [-0.2, -0.15) is 0 Å². The summed E-state index contributed by atoms with van der Waals surface area (Å²) in [5, 5.41) is 47.5. The molecule has 4 aromatic rings. The molecule has 3 aromatic heterocycles. The molecule has 9 N–H and O–H groups in total. The highest BCUT2D eigenvalue weighted by atomic mass is 19.1. The topological polar surface area (TPSA) is 283 Å². The molecule has 4 aliphatic rings. The third-order valence-electron chi connectivity index (χ3n) is 13.0. The van der Waals surface area contributed by atoms with Crippen molar-refractivity contribution in [3.05, 3.63) is 60.1 Å². The van der Waals surface area contributed by atoms with Gasteiger partial charge in [0, 0.05) is 35.2 Å². The lowest BCUT2D eigenvalue weighted by molar-refractivity contribution is -0.271. The predicted molar refractivity (Wildman–Crippen MR) is 236 cm³/mol. The van der Waals surface area contributed by atoms with Gasteiger partial charge in [0.05, 0.1) is 42.8 Å². The van der Waals surface area contributed by atoms with Crippen molar-refractivity contribution >= 4 is 40.4 Å². The number of pyridine rings is 1. The molecule has 0 radical (unpaired) electrons. The first-order valence-electron chi connectivity index (χ1n) is 22.4. The number of benzene rings is 1. The standard InChI is InChI=1S/C46H59F2N7O12/c1-45(2,12-14-63-15-16-65-46(3,4)11-13-49)44(62)53-30-17-23(5-10-31(30)66-43-36(58)34(56)35(57)37(67-43)41(59)60)22-64-42(61)32-24-6-8-25(9-7-24)33(32)54-40-29(48)21-52-39(55-40)28-20-51-38-27(28)18-26(47)19-50-38/h5,10,17-21,24-25,32-37,43,56-58H,6-9,11-16,22,49H2,1-4H3,(H,50,51)(H,53,62)(H,59,60)(H,52,54,55)/t24?,25?,32-,33-,34-,35-,36+,37-,43+/m0/s1. The Labute approximate surface area is 385 Å². The number of fused-ring (bicyclic) bond motifs is 4. The molecule has 4 fully saturated rings. The average Bonchev–Trinajstić information content (AvgIpc) is 3.71. The number of rotatable bonds is 20. The summed E-state index contributed by atoms with van der Waals surface area (Å²) in [5.74, 6) is -4.76. The van der Waals surface area contributed by atoms with Crippen LogP contribution in [0.25, 0.3) is 22.4 Å². The molecule has 2 bridgehead atoms. The summed E-state index contributed by atoms with van der Waals surface area (Å²) in [5.41, 5.74) is 5.49. The van der Waals surface area contributed by atoms with E-state index in [1.807, 2.05) is 13.8 Å². The number of aromatic nitrogens is 4. The van der Waals surface area contributed by atoms with Gasteiger partial charge in [0.15, 0.2) is 23.6 Å². The number of carbonyl (C=O) groups is 3. The van der Waals surface area contributed by atoms with Crippen LogP contribution in [-0.2, 0) is 39.9 Å². The number of ether oxygens (including phenoxy) is 5. The minimum absolute atomic E-state index is 0.00160. The third kappa shape index (κ3) is 11.5. The van der Waals surface area contributed by atoms with Crippen molar-refractivity contribution in [1.82, 2.24) is 19.9 Å². The maximum Gasteiger partial charge on any atom is 0.335 e. The zero-order valence-corrected chi connectivity index (χ0v) is 37.7.